The molecule has 5 heteroatoms. The summed E-state index contributed by atoms with van der Waals surface area (Å²) < 4.78 is 13.4. The van der Waals surface area contributed by atoms with Gasteiger partial charge in [0.2, 0.25) is 0 Å². The second-order valence-electron chi connectivity index (χ2n) is 5.87. The first kappa shape index (κ1) is 14.9. The largest absolute Gasteiger partial charge is 0.366 e. The van der Waals surface area contributed by atoms with Crippen LogP contribution in [-0.4, -0.2) is 36.1 Å². The van der Waals surface area contributed by atoms with Crippen molar-refractivity contribution < 1.29 is 4.39 Å². The van der Waals surface area contributed by atoms with Gasteiger partial charge in [-0.1, -0.05) is 26.0 Å². The van der Waals surface area contributed by atoms with E-state index in [1.54, 1.807) is 6.07 Å². The first-order valence-electron chi connectivity index (χ1n) is 7.73. The van der Waals surface area contributed by atoms with Crippen molar-refractivity contribution in [3.05, 3.63) is 42.0 Å². The molecule has 1 aliphatic rings. The van der Waals surface area contributed by atoms with Gasteiger partial charge in [-0.3, -0.25) is 0 Å². The van der Waals surface area contributed by atoms with Crippen molar-refractivity contribution in [3.63, 3.8) is 0 Å². The molecule has 1 aliphatic heterocycles. The molecule has 0 atom stereocenters. The van der Waals surface area contributed by atoms with Crippen LogP contribution in [0.3, 0.4) is 0 Å². The number of nitrogens with zero attached hydrogens (tertiary/aromatic N) is 3. The Morgan fingerprint density at radius 2 is 2.00 bits per heavy atom. The van der Waals surface area contributed by atoms with Gasteiger partial charge in [0, 0.05) is 31.7 Å². The Balaban J connectivity index is 1.99. The van der Waals surface area contributed by atoms with Crippen LogP contribution in [0.1, 0.15) is 25.5 Å². The highest BCUT2D eigenvalue weighted by molar-refractivity contribution is 5.59. The molecule has 4 nitrogen and oxygen atoms in total. The van der Waals surface area contributed by atoms with Crippen LogP contribution in [-0.2, 0) is 0 Å². The summed E-state index contributed by atoms with van der Waals surface area (Å²) >= 11 is 0. The molecule has 0 aliphatic carbocycles. The molecule has 1 aromatic carbocycles. The quantitative estimate of drug-likeness (QED) is 0.946. The summed E-state index contributed by atoms with van der Waals surface area (Å²) in [6.45, 7) is 8.13. The van der Waals surface area contributed by atoms with E-state index in [4.69, 9.17) is 4.98 Å². The smallest absolute Gasteiger partial charge is 0.159 e. The van der Waals surface area contributed by atoms with Crippen molar-refractivity contribution in [2.45, 2.75) is 19.8 Å². The summed E-state index contributed by atoms with van der Waals surface area (Å²) in [7, 11) is 0. The van der Waals surface area contributed by atoms with E-state index in [2.05, 4.69) is 29.0 Å². The third-order valence-corrected chi connectivity index (χ3v) is 3.89. The van der Waals surface area contributed by atoms with Gasteiger partial charge in [-0.2, -0.15) is 0 Å². The fourth-order valence-electron chi connectivity index (χ4n) is 2.73. The lowest BCUT2D eigenvalue weighted by Crippen LogP contribution is -2.44. The maximum Gasteiger partial charge on any atom is 0.159 e. The lowest BCUT2D eigenvalue weighted by Gasteiger charge is -2.31. The fraction of sp³-hybridized carbons (Fsp3) is 0.412. The Kier molecular flexibility index (Phi) is 4.34. The standard InChI is InChI=1S/C17H21FN4/c1-12(2)16-15(22-8-6-19-7-9-22)11-20-17(21-16)13-4-3-5-14(18)10-13/h3-5,10-12,19H,6-9H2,1-2H3. The summed E-state index contributed by atoms with van der Waals surface area (Å²) in [5.74, 6) is 0.612. The Morgan fingerprint density at radius 3 is 2.68 bits per heavy atom. The monoisotopic (exact) mass is 300 g/mol. The molecule has 0 radical (unpaired) electrons. The highest BCUT2D eigenvalue weighted by Crippen LogP contribution is 2.28. The number of piperazine rings is 1. The minimum atomic E-state index is -0.265. The molecule has 0 unspecified atom stereocenters. The molecule has 3 rings (SSSR count). The summed E-state index contributed by atoms with van der Waals surface area (Å²) in [6.07, 6.45) is 1.88. The summed E-state index contributed by atoms with van der Waals surface area (Å²) in [6, 6.07) is 6.44. The van der Waals surface area contributed by atoms with Crippen molar-refractivity contribution in [1.82, 2.24) is 15.3 Å². The zero-order valence-corrected chi connectivity index (χ0v) is 13.0. The molecular formula is C17H21FN4. The topological polar surface area (TPSA) is 41.1 Å². The van der Waals surface area contributed by atoms with Gasteiger partial charge in [-0.05, 0) is 18.1 Å². The number of anilines is 1. The zero-order chi connectivity index (χ0) is 15.5. The molecule has 1 fully saturated rings. The maximum atomic E-state index is 13.4. The number of halogens is 1. The summed E-state index contributed by atoms with van der Waals surface area (Å²) in [5, 5.41) is 3.35. The van der Waals surface area contributed by atoms with Gasteiger partial charge in [0.25, 0.3) is 0 Å². The van der Waals surface area contributed by atoms with E-state index in [9.17, 15) is 4.39 Å². The molecule has 2 aromatic rings. The molecular weight excluding hydrogens is 279 g/mol. The Bertz CT molecular complexity index is 651. The normalized spacial score (nSPS) is 15.4. The average Bonchev–Trinajstić information content (AvgIpc) is 2.55. The van der Waals surface area contributed by atoms with E-state index in [0.29, 0.717) is 17.3 Å². The van der Waals surface area contributed by atoms with Crippen LogP contribution >= 0.6 is 0 Å². The van der Waals surface area contributed by atoms with Gasteiger partial charge in [-0.15, -0.1) is 0 Å². The van der Waals surface area contributed by atoms with E-state index in [0.717, 1.165) is 37.6 Å². The van der Waals surface area contributed by atoms with Crippen LogP contribution < -0.4 is 10.2 Å². The predicted molar refractivity (Wildman–Crippen MR) is 86.6 cm³/mol. The van der Waals surface area contributed by atoms with Crippen molar-refractivity contribution in [1.29, 1.82) is 0 Å². The molecule has 1 aromatic heterocycles. The Hall–Kier alpha value is -2.01. The highest BCUT2D eigenvalue weighted by Gasteiger charge is 2.19. The lowest BCUT2D eigenvalue weighted by atomic mass is 10.1. The first-order valence-corrected chi connectivity index (χ1v) is 7.73. The van der Waals surface area contributed by atoms with Crippen molar-refractivity contribution in [2.24, 2.45) is 0 Å². The van der Waals surface area contributed by atoms with Crippen LogP contribution in [0, 0.1) is 5.82 Å². The molecule has 2 heterocycles. The van der Waals surface area contributed by atoms with Gasteiger partial charge in [0.1, 0.15) is 5.82 Å². The minimum absolute atomic E-state index is 0.265. The number of aromatic nitrogens is 2. The van der Waals surface area contributed by atoms with Crippen LogP contribution in [0.25, 0.3) is 11.4 Å². The second kappa shape index (κ2) is 6.40. The maximum absolute atomic E-state index is 13.4. The Morgan fingerprint density at radius 1 is 1.23 bits per heavy atom. The first-order chi connectivity index (χ1) is 10.6. The van der Waals surface area contributed by atoms with Gasteiger partial charge >= 0.3 is 0 Å². The minimum Gasteiger partial charge on any atom is -0.366 e. The zero-order valence-electron chi connectivity index (χ0n) is 13.0. The summed E-state index contributed by atoms with van der Waals surface area (Å²) in [5.41, 5.74) is 2.83. The fourth-order valence-corrected chi connectivity index (χ4v) is 2.73. The van der Waals surface area contributed by atoms with Crippen molar-refractivity contribution >= 4 is 5.69 Å². The van der Waals surface area contributed by atoms with Crippen molar-refractivity contribution in [3.8, 4) is 11.4 Å². The van der Waals surface area contributed by atoms with Crippen LogP contribution in [0.5, 0.6) is 0 Å². The van der Waals surface area contributed by atoms with E-state index < -0.39 is 0 Å². The molecule has 116 valence electrons. The van der Waals surface area contributed by atoms with Crippen LogP contribution in [0.4, 0.5) is 10.1 Å². The highest BCUT2D eigenvalue weighted by atomic mass is 19.1. The second-order valence-corrected chi connectivity index (χ2v) is 5.87. The SMILES string of the molecule is CC(C)c1nc(-c2cccc(F)c2)ncc1N1CCNCC1. The van der Waals surface area contributed by atoms with E-state index in [1.165, 1.54) is 12.1 Å². The third-order valence-electron chi connectivity index (χ3n) is 3.89. The van der Waals surface area contributed by atoms with Crippen LogP contribution in [0.15, 0.2) is 30.5 Å². The van der Waals surface area contributed by atoms with Gasteiger partial charge in [-0.25, -0.2) is 14.4 Å². The number of hydrogen-bond donors (Lipinski definition) is 1. The lowest BCUT2D eigenvalue weighted by molar-refractivity contribution is 0.584. The van der Waals surface area contributed by atoms with Gasteiger partial charge in [0.05, 0.1) is 17.6 Å². The van der Waals surface area contributed by atoms with E-state index in [1.807, 2.05) is 12.3 Å². The van der Waals surface area contributed by atoms with Crippen molar-refractivity contribution in [2.75, 3.05) is 31.1 Å². The summed E-state index contributed by atoms with van der Waals surface area (Å²) in [4.78, 5) is 11.5. The van der Waals surface area contributed by atoms with Gasteiger partial charge < -0.3 is 10.2 Å². The third kappa shape index (κ3) is 3.09. The number of hydrogen-bond acceptors (Lipinski definition) is 4. The van der Waals surface area contributed by atoms with Crippen LogP contribution in [0.2, 0.25) is 0 Å². The Labute approximate surface area is 130 Å². The molecule has 22 heavy (non-hydrogen) atoms. The molecule has 0 saturated carbocycles. The molecule has 0 bridgehead atoms. The van der Waals surface area contributed by atoms with Gasteiger partial charge in [0.15, 0.2) is 5.82 Å². The number of nitrogens with one attached hydrogen (secondary N) is 1. The van der Waals surface area contributed by atoms with E-state index in [-0.39, 0.29) is 5.82 Å². The number of benzene rings is 1. The molecule has 0 amide bonds. The van der Waals surface area contributed by atoms with E-state index >= 15 is 0 Å². The molecule has 1 saturated heterocycles. The average molecular weight is 300 g/mol. The predicted octanol–water partition coefficient (Wildman–Crippen LogP) is 2.82. The molecule has 0 spiro atoms. The molecule has 1 N–H and O–H groups in total. The number of rotatable bonds is 3.